The molecule has 92 valence electrons. The zero-order valence-corrected chi connectivity index (χ0v) is 11.3. The number of aromatic nitrogens is 3. The van der Waals surface area contributed by atoms with Crippen molar-refractivity contribution in [2.75, 3.05) is 11.9 Å². The minimum atomic E-state index is -0.0303. The summed E-state index contributed by atoms with van der Waals surface area (Å²) < 4.78 is 2.61. The molecule has 0 bridgehead atoms. The SMILES string of the molecule is CC(C)[C@@H](CO)Nc1nc(Br)cn2ccnc12. The molecule has 2 aromatic heterocycles. The van der Waals surface area contributed by atoms with Gasteiger partial charge in [0.15, 0.2) is 11.5 Å². The van der Waals surface area contributed by atoms with Crippen molar-refractivity contribution < 1.29 is 5.11 Å². The highest BCUT2D eigenvalue weighted by Gasteiger charge is 2.15. The van der Waals surface area contributed by atoms with Crippen LogP contribution in [0.2, 0.25) is 0 Å². The third-order valence-electron chi connectivity index (χ3n) is 2.67. The van der Waals surface area contributed by atoms with Crippen LogP contribution in [-0.4, -0.2) is 32.1 Å². The maximum Gasteiger partial charge on any atom is 0.180 e. The first kappa shape index (κ1) is 12.3. The van der Waals surface area contributed by atoms with Gasteiger partial charge in [0.25, 0.3) is 0 Å². The second-order valence-corrected chi connectivity index (χ2v) is 5.06. The van der Waals surface area contributed by atoms with Crippen LogP contribution >= 0.6 is 15.9 Å². The number of rotatable bonds is 4. The first-order chi connectivity index (χ1) is 8.11. The molecule has 5 nitrogen and oxygen atoms in total. The predicted octanol–water partition coefficient (Wildman–Crippen LogP) is 1.92. The number of hydrogen-bond acceptors (Lipinski definition) is 4. The van der Waals surface area contributed by atoms with E-state index in [-0.39, 0.29) is 12.6 Å². The first-order valence-corrected chi connectivity index (χ1v) is 6.27. The minimum absolute atomic E-state index is 0.0303. The molecular weight excluding hydrogens is 284 g/mol. The topological polar surface area (TPSA) is 62.5 Å². The molecule has 2 N–H and O–H groups in total. The van der Waals surface area contributed by atoms with Gasteiger partial charge < -0.3 is 14.8 Å². The van der Waals surface area contributed by atoms with E-state index in [0.717, 1.165) is 10.3 Å². The first-order valence-electron chi connectivity index (χ1n) is 5.48. The molecule has 0 aliphatic heterocycles. The molecule has 0 aromatic carbocycles. The average molecular weight is 299 g/mol. The van der Waals surface area contributed by atoms with Gasteiger partial charge in [-0.25, -0.2) is 9.97 Å². The van der Waals surface area contributed by atoms with Crippen molar-refractivity contribution in [3.8, 4) is 0 Å². The summed E-state index contributed by atoms with van der Waals surface area (Å²) in [5.74, 6) is 0.993. The molecule has 2 aromatic rings. The van der Waals surface area contributed by atoms with Crippen LogP contribution in [0.3, 0.4) is 0 Å². The fourth-order valence-electron chi connectivity index (χ4n) is 1.60. The van der Waals surface area contributed by atoms with Crippen molar-refractivity contribution in [3.63, 3.8) is 0 Å². The number of imidazole rings is 1. The number of hydrogen-bond donors (Lipinski definition) is 2. The van der Waals surface area contributed by atoms with Crippen molar-refractivity contribution in [2.24, 2.45) is 5.92 Å². The van der Waals surface area contributed by atoms with Gasteiger partial charge in [0.1, 0.15) is 4.60 Å². The van der Waals surface area contributed by atoms with Crippen molar-refractivity contribution in [2.45, 2.75) is 19.9 Å². The van der Waals surface area contributed by atoms with Gasteiger partial charge >= 0.3 is 0 Å². The summed E-state index contributed by atoms with van der Waals surface area (Å²) in [6.07, 6.45) is 5.42. The Balaban J connectivity index is 2.37. The molecule has 2 rings (SSSR count). The molecule has 0 aliphatic rings. The van der Waals surface area contributed by atoms with E-state index in [0.29, 0.717) is 11.7 Å². The molecular formula is C11H15BrN4O. The van der Waals surface area contributed by atoms with Gasteiger partial charge in [-0.05, 0) is 21.8 Å². The van der Waals surface area contributed by atoms with Gasteiger partial charge in [-0.3, -0.25) is 0 Å². The number of anilines is 1. The predicted molar refractivity (Wildman–Crippen MR) is 70.0 cm³/mol. The lowest BCUT2D eigenvalue weighted by Gasteiger charge is -2.20. The maximum atomic E-state index is 9.32. The molecule has 0 fully saturated rings. The van der Waals surface area contributed by atoms with Crippen LogP contribution in [-0.2, 0) is 0 Å². The summed E-state index contributed by atoms with van der Waals surface area (Å²) in [6, 6.07) is -0.0303. The molecule has 17 heavy (non-hydrogen) atoms. The number of nitrogens with one attached hydrogen (secondary N) is 1. The van der Waals surface area contributed by atoms with E-state index in [1.54, 1.807) is 6.20 Å². The second-order valence-electron chi connectivity index (χ2n) is 4.25. The quantitative estimate of drug-likeness (QED) is 0.905. The van der Waals surface area contributed by atoms with Crippen LogP contribution in [0.1, 0.15) is 13.8 Å². The van der Waals surface area contributed by atoms with E-state index in [2.05, 4.69) is 45.1 Å². The molecule has 0 saturated carbocycles. The van der Waals surface area contributed by atoms with Crippen LogP contribution in [0, 0.1) is 5.92 Å². The standard InChI is InChI=1S/C11H15BrN4O/c1-7(2)8(6-17)14-10-11-13-3-4-16(11)5-9(12)15-10/h3-5,7-8,17H,6H2,1-2H3,(H,14,15)/t8-/m1/s1. The molecule has 0 amide bonds. The Labute approximate surface area is 108 Å². The van der Waals surface area contributed by atoms with Crippen molar-refractivity contribution >= 4 is 27.4 Å². The highest BCUT2D eigenvalue weighted by molar-refractivity contribution is 9.10. The summed E-state index contributed by atoms with van der Waals surface area (Å²) in [6.45, 7) is 4.17. The van der Waals surface area contributed by atoms with Crippen LogP contribution in [0.5, 0.6) is 0 Å². The van der Waals surface area contributed by atoms with E-state index in [4.69, 9.17) is 0 Å². The second kappa shape index (κ2) is 5.01. The fraction of sp³-hybridized carbons (Fsp3) is 0.455. The van der Waals surface area contributed by atoms with Gasteiger partial charge in [0.05, 0.1) is 12.6 Å². The minimum Gasteiger partial charge on any atom is -0.394 e. The van der Waals surface area contributed by atoms with Gasteiger partial charge in [0, 0.05) is 18.6 Å². The summed E-state index contributed by atoms with van der Waals surface area (Å²) in [4.78, 5) is 8.60. The van der Waals surface area contributed by atoms with Gasteiger partial charge in [-0.1, -0.05) is 13.8 Å². The molecule has 0 radical (unpaired) electrons. The third-order valence-corrected chi connectivity index (χ3v) is 3.05. The van der Waals surface area contributed by atoms with Gasteiger partial charge in [-0.15, -0.1) is 0 Å². The van der Waals surface area contributed by atoms with E-state index >= 15 is 0 Å². The summed E-state index contributed by atoms with van der Waals surface area (Å²) in [5.41, 5.74) is 0.757. The zero-order chi connectivity index (χ0) is 12.4. The monoisotopic (exact) mass is 298 g/mol. The van der Waals surface area contributed by atoms with E-state index in [1.807, 2.05) is 16.8 Å². The van der Waals surface area contributed by atoms with Crippen LogP contribution in [0.15, 0.2) is 23.2 Å². The Kier molecular flexibility index (Phi) is 3.63. The molecule has 0 aliphatic carbocycles. The van der Waals surface area contributed by atoms with Crippen molar-refractivity contribution in [1.82, 2.24) is 14.4 Å². The smallest absolute Gasteiger partial charge is 0.180 e. The number of aliphatic hydroxyl groups excluding tert-OH is 1. The Bertz CT molecular complexity index is 511. The summed E-state index contributed by atoms with van der Waals surface area (Å²) in [5, 5.41) is 12.5. The number of aliphatic hydroxyl groups is 1. The van der Waals surface area contributed by atoms with Gasteiger partial charge in [0.2, 0.25) is 0 Å². The third kappa shape index (κ3) is 2.58. The molecule has 0 saturated heterocycles. The highest BCUT2D eigenvalue weighted by atomic mass is 79.9. The molecule has 2 heterocycles. The number of fused-ring (bicyclic) bond motifs is 1. The lowest BCUT2D eigenvalue weighted by molar-refractivity contribution is 0.249. The van der Waals surface area contributed by atoms with Crippen molar-refractivity contribution in [3.05, 3.63) is 23.2 Å². The van der Waals surface area contributed by atoms with Crippen LogP contribution in [0.25, 0.3) is 5.65 Å². The lowest BCUT2D eigenvalue weighted by Crippen LogP contribution is -2.30. The molecule has 1 atom stereocenters. The number of nitrogens with zero attached hydrogens (tertiary/aromatic N) is 3. The zero-order valence-electron chi connectivity index (χ0n) is 9.76. The van der Waals surface area contributed by atoms with E-state index < -0.39 is 0 Å². The Hall–Kier alpha value is -1.14. The van der Waals surface area contributed by atoms with Crippen LogP contribution in [0.4, 0.5) is 5.82 Å². The maximum absolute atomic E-state index is 9.32. The van der Waals surface area contributed by atoms with E-state index in [9.17, 15) is 5.11 Å². The Morgan fingerprint density at radius 2 is 2.29 bits per heavy atom. The Morgan fingerprint density at radius 3 is 2.94 bits per heavy atom. The average Bonchev–Trinajstić information content (AvgIpc) is 2.72. The fourth-order valence-corrected chi connectivity index (χ4v) is 1.99. The highest BCUT2D eigenvalue weighted by Crippen LogP contribution is 2.19. The Morgan fingerprint density at radius 1 is 1.53 bits per heavy atom. The largest absolute Gasteiger partial charge is 0.394 e. The number of halogens is 1. The normalized spacial score (nSPS) is 13.2. The van der Waals surface area contributed by atoms with Crippen molar-refractivity contribution in [1.29, 1.82) is 0 Å². The van der Waals surface area contributed by atoms with Gasteiger partial charge in [-0.2, -0.15) is 0 Å². The van der Waals surface area contributed by atoms with Crippen LogP contribution < -0.4 is 5.32 Å². The summed E-state index contributed by atoms with van der Waals surface area (Å²) >= 11 is 3.35. The molecule has 0 spiro atoms. The molecule has 0 unspecified atom stereocenters. The summed E-state index contributed by atoms with van der Waals surface area (Å²) in [7, 11) is 0. The van der Waals surface area contributed by atoms with E-state index in [1.165, 1.54) is 0 Å². The lowest BCUT2D eigenvalue weighted by atomic mass is 10.1. The molecule has 6 heteroatoms.